The second kappa shape index (κ2) is 7.44. The molecule has 0 atom stereocenters. The molecular formula is C19H21F2N3S. The number of rotatable bonds is 4. The number of hydrogen-bond donors (Lipinski definition) is 2. The first-order valence-corrected chi connectivity index (χ1v) is 9.34. The molecule has 0 aliphatic carbocycles. The summed E-state index contributed by atoms with van der Waals surface area (Å²) in [4.78, 5) is 4.54. The van der Waals surface area contributed by atoms with E-state index >= 15 is 0 Å². The van der Waals surface area contributed by atoms with Crippen LogP contribution < -0.4 is 10.6 Å². The lowest BCUT2D eigenvalue weighted by Gasteiger charge is -2.43. The van der Waals surface area contributed by atoms with Crippen molar-refractivity contribution < 1.29 is 8.78 Å². The number of anilines is 2. The van der Waals surface area contributed by atoms with Crippen LogP contribution in [0.3, 0.4) is 0 Å². The number of allylic oxidation sites excluding steroid dienone is 2. The van der Waals surface area contributed by atoms with E-state index in [0.717, 1.165) is 47.6 Å². The van der Waals surface area contributed by atoms with Crippen molar-refractivity contribution in [1.29, 1.82) is 0 Å². The Labute approximate surface area is 151 Å². The second-order valence-electron chi connectivity index (χ2n) is 6.09. The van der Waals surface area contributed by atoms with Gasteiger partial charge in [-0.05, 0) is 42.6 Å². The Morgan fingerprint density at radius 1 is 1.24 bits per heavy atom. The standard InChI is InChI=1S/C19H21F2N3S/c1-3-15(21)14(13(2)20)12-22-18-19(8-10-25-11-9-19)24-17-7-5-4-6-16(17)23-18/h3-7,24H,1-2,8-12H2,(H,22,23)/b15-14+. The van der Waals surface area contributed by atoms with Crippen molar-refractivity contribution in [3.63, 3.8) is 0 Å². The van der Waals surface area contributed by atoms with Crippen LogP contribution in [0, 0.1) is 0 Å². The summed E-state index contributed by atoms with van der Waals surface area (Å²) in [6, 6.07) is 7.90. The third-order valence-electron chi connectivity index (χ3n) is 4.54. The molecule has 2 aliphatic rings. The van der Waals surface area contributed by atoms with Crippen LogP contribution in [0.25, 0.3) is 0 Å². The molecule has 0 amide bonds. The van der Waals surface area contributed by atoms with Crippen molar-refractivity contribution >= 4 is 29.0 Å². The van der Waals surface area contributed by atoms with Gasteiger partial charge in [0.05, 0.1) is 23.5 Å². The third kappa shape index (κ3) is 3.63. The predicted octanol–water partition coefficient (Wildman–Crippen LogP) is 5.08. The molecule has 132 valence electrons. The minimum atomic E-state index is -0.820. The van der Waals surface area contributed by atoms with Gasteiger partial charge in [0, 0.05) is 5.57 Å². The minimum absolute atomic E-state index is 0.117. The molecule has 1 fully saturated rings. The number of para-hydroxylation sites is 2. The lowest BCUT2D eigenvalue weighted by atomic mass is 9.87. The molecule has 0 aromatic heterocycles. The summed E-state index contributed by atoms with van der Waals surface area (Å²) in [5, 5.41) is 6.97. The predicted molar refractivity (Wildman–Crippen MR) is 104 cm³/mol. The van der Waals surface area contributed by atoms with Gasteiger partial charge in [-0.3, -0.25) is 4.99 Å². The molecule has 3 rings (SSSR count). The first kappa shape index (κ1) is 17.7. The topological polar surface area (TPSA) is 36.4 Å². The Morgan fingerprint density at radius 2 is 1.92 bits per heavy atom. The van der Waals surface area contributed by atoms with Crippen LogP contribution in [0.1, 0.15) is 12.8 Å². The molecule has 1 aromatic rings. The first-order chi connectivity index (χ1) is 12.1. The third-order valence-corrected chi connectivity index (χ3v) is 5.53. The Bertz CT molecular complexity index is 749. The van der Waals surface area contributed by atoms with Gasteiger partial charge in [0.1, 0.15) is 17.5 Å². The smallest absolute Gasteiger partial charge is 0.130 e. The highest BCUT2D eigenvalue weighted by Gasteiger charge is 2.41. The molecule has 6 heteroatoms. The van der Waals surface area contributed by atoms with Gasteiger partial charge in [0.15, 0.2) is 0 Å². The van der Waals surface area contributed by atoms with E-state index in [1.165, 1.54) is 0 Å². The van der Waals surface area contributed by atoms with Gasteiger partial charge >= 0.3 is 0 Å². The fraction of sp³-hybridized carbons (Fsp3) is 0.316. The maximum absolute atomic E-state index is 13.8. The molecule has 25 heavy (non-hydrogen) atoms. The summed E-state index contributed by atoms with van der Waals surface area (Å²) in [6.07, 6.45) is 2.78. The van der Waals surface area contributed by atoms with Crippen molar-refractivity contribution in [2.24, 2.45) is 4.99 Å². The van der Waals surface area contributed by atoms with E-state index in [1.807, 2.05) is 36.0 Å². The molecule has 0 saturated carbocycles. The van der Waals surface area contributed by atoms with E-state index in [9.17, 15) is 8.78 Å². The van der Waals surface area contributed by atoms with Crippen LogP contribution in [-0.2, 0) is 0 Å². The van der Waals surface area contributed by atoms with Gasteiger partial charge in [-0.2, -0.15) is 11.8 Å². The molecule has 2 N–H and O–H groups in total. The second-order valence-corrected chi connectivity index (χ2v) is 7.32. The highest BCUT2D eigenvalue weighted by molar-refractivity contribution is 7.99. The Balaban J connectivity index is 1.96. The van der Waals surface area contributed by atoms with Gasteiger partial charge in [-0.1, -0.05) is 25.3 Å². The summed E-state index contributed by atoms with van der Waals surface area (Å²) < 4.78 is 27.4. The monoisotopic (exact) mass is 361 g/mol. The minimum Gasteiger partial charge on any atom is -0.371 e. The van der Waals surface area contributed by atoms with E-state index in [0.29, 0.717) is 0 Å². The Kier molecular flexibility index (Phi) is 5.27. The van der Waals surface area contributed by atoms with E-state index in [-0.39, 0.29) is 17.7 Å². The van der Waals surface area contributed by atoms with E-state index < -0.39 is 11.7 Å². The normalized spacial score (nSPS) is 21.0. The summed E-state index contributed by atoms with van der Waals surface area (Å²) in [5.41, 5.74) is 1.45. The number of fused-ring (bicyclic) bond motifs is 1. The highest BCUT2D eigenvalue weighted by atomic mass is 32.2. The van der Waals surface area contributed by atoms with Gasteiger partial charge in [0.25, 0.3) is 0 Å². The number of nitrogens with one attached hydrogen (secondary N) is 2. The van der Waals surface area contributed by atoms with Crippen LogP contribution >= 0.6 is 11.8 Å². The fourth-order valence-electron chi connectivity index (χ4n) is 3.11. The zero-order valence-corrected chi connectivity index (χ0v) is 14.8. The number of hydrogen-bond acceptors (Lipinski definition) is 3. The number of amidine groups is 1. The van der Waals surface area contributed by atoms with Crippen LogP contribution in [0.5, 0.6) is 0 Å². The van der Waals surface area contributed by atoms with Crippen LogP contribution in [-0.4, -0.2) is 29.4 Å². The van der Waals surface area contributed by atoms with E-state index in [2.05, 4.69) is 28.8 Å². The molecule has 1 aromatic carbocycles. The summed E-state index contributed by atoms with van der Waals surface area (Å²) in [5.74, 6) is 1.20. The summed E-state index contributed by atoms with van der Waals surface area (Å²) in [6.45, 7) is 6.44. The molecule has 0 radical (unpaired) electrons. The largest absolute Gasteiger partial charge is 0.371 e. The van der Waals surface area contributed by atoms with Gasteiger partial charge < -0.3 is 10.6 Å². The van der Waals surface area contributed by atoms with Gasteiger partial charge in [0.2, 0.25) is 0 Å². The lowest BCUT2D eigenvalue weighted by Crippen LogP contribution is -2.54. The number of halogens is 2. The number of aliphatic imine (C=N–C) groups is 1. The number of nitrogens with zero attached hydrogens (tertiary/aromatic N) is 1. The number of thioether (sulfide) groups is 1. The average Bonchev–Trinajstić information content (AvgIpc) is 2.62. The summed E-state index contributed by atoms with van der Waals surface area (Å²) >= 11 is 1.90. The zero-order chi connectivity index (χ0) is 17.9. The van der Waals surface area contributed by atoms with Crippen LogP contribution in [0.15, 0.2) is 65.7 Å². The average molecular weight is 361 g/mol. The molecule has 1 saturated heterocycles. The first-order valence-electron chi connectivity index (χ1n) is 8.18. The SMILES string of the molecule is C=C/C(F)=C(/CN=C1Nc2ccccc2NC12CCSCC2)C(=C)F. The van der Waals surface area contributed by atoms with Crippen LogP contribution in [0.2, 0.25) is 0 Å². The van der Waals surface area contributed by atoms with E-state index in [1.54, 1.807) is 0 Å². The molecule has 0 bridgehead atoms. The molecular weight excluding hydrogens is 340 g/mol. The molecule has 0 unspecified atom stereocenters. The number of benzene rings is 1. The summed E-state index contributed by atoms with van der Waals surface area (Å²) in [7, 11) is 0. The van der Waals surface area contributed by atoms with Crippen molar-refractivity contribution in [2.45, 2.75) is 18.4 Å². The molecule has 1 spiro atoms. The van der Waals surface area contributed by atoms with Crippen molar-refractivity contribution in [3.8, 4) is 0 Å². The van der Waals surface area contributed by atoms with Crippen LogP contribution in [0.4, 0.5) is 20.2 Å². The van der Waals surface area contributed by atoms with E-state index in [4.69, 9.17) is 0 Å². The Hall–Kier alpha value is -2.08. The fourth-order valence-corrected chi connectivity index (χ4v) is 4.30. The zero-order valence-electron chi connectivity index (χ0n) is 13.9. The molecule has 3 nitrogen and oxygen atoms in total. The quantitative estimate of drug-likeness (QED) is 0.734. The maximum Gasteiger partial charge on any atom is 0.130 e. The Morgan fingerprint density at radius 3 is 2.56 bits per heavy atom. The van der Waals surface area contributed by atoms with Crippen molar-refractivity contribution in [3.05, 3.63) is 60.7 Å². The highest BCUT2D eigenvalue weighted by Crippen LogP contribution is 2.38. The molecule has 2 heterocycles. The van der Waals surface area contributed by atoms with Crippen molar-refractivity contribution in [2.75, 3.05) is 28.7 Å². The molecule has 2 aliphatic heterocycles. The lowest BCUT2D eigenvalue weighted by molar-refractivity contribution is 0.559. The van der Waals surface area contributed by atoms with Gasteiger partial charge in [-0.15, -0.1) is 0 Å². The van der Waals surface area contributed by atoms with Gasteiger partial charge in [-0.25, -0.2) is 8.78 Å². The maximum atomic E-state index is 13.8. The van der Waals surface area contributed by atoms with Crippen molar-refractivity contribution in [1.82, 2.24) is 0 Å².